The molecule has 2 N–H and O–H groups in total. The van der Waals surface area contributed by atoms with Crippen LogP contribution in [-0.4, -0.2) is 32.9 Å². The molecule has 1 aromatic carbocycles. The summed E-state index contributed by atoms with van der Waals surface area (Å²) in [6.45, 7) is 4.51. The van der Waals surface area contributed by atoms with Gasteiger partial charge in [0.1, 0.15) is 4.90 Å². The van der Waals surface area contributed by atoms with Gasteiger partial charge in [-0.15, -0.1) is 0 Å². The molecule has 0 fully saturated rings. The molecule has 4 nitrogen and oxygen atoms in total. The monoisotopic (exact) mass is 324 g/mol. The molecule has 0 aliphatic heterocycles. The normalized spacial score (nSPS) is 13.0. The van der Waals surface area contributed by atoms with E-state index >= 15 is 0 Å². The zero-order chi connectivity index (χ0) is 14.8. The topological polar surface area (TPSA) is 63.4 Å². The van der Waals surface area contributed by atoms with E-state index in [0.717, 1.165) is 0 Å². The molecule has 19 heavy (non-hydrogen) atoms. The Morgan fingerprint density at radius 1 is 1.32 bits per heavy atom. The summed E-state index contributed by atoms with van der Waals surface area (Å²) in [6, 6.07) is 4.33. The van der Waals surface area contributed by atoms with Crippen LogP contribution >= 0.6 is 23.2 Å². The number of nitrogens with two attached hydrogens (primary N) is 1. The second-order valence-corrected chi connectivity index (χ2v) is 8.06. The fourth-order valence-corrected chi connectivity index (χ4v) is 3.71. The van der Waals surface area contributed by atoms with Gasteiger partial charge in [-0.1, -0.05) is 37.0 Å². The Kier molecular flexibility index (Phi) is 5.26. The van der Waals surface area contributed by atoms with Gasteiger partial charge in [0.15, 0.2) is 0 Å². The van der Waals surface area contributed by atoms with E-state index in [2.05, 4.69) is 0 Å². The summed E-state index contributed by atoms with van der Waals surface area (Å²) in [5, 5.41) is 0.513. The molecule has 1 aromatic rings. The van der Waals surface area contributed by atoms with Gasteiger partial charge in [-0.05, 0) is 30.2 Å². The van der Waals surface area contributed by atoms with Gasteiger partial charge < -0.3 is 5.73 Å². The lowest BCUT2D eigenvalue weighted by Crippen LogP contribution is -2.39. The van der Waals surface area contributed by atoms with Crippen LogP contribution in [-0.2, 0) is 10.0 Å². The summed E-state index contributed by atoms with van der Waals surface area (Å²) in [5.74, 6) is 0. The Labute approximate surface area is 124 Å². The predicted molar refractivity (Wildman–Crippen MR) is 79.1 cm³/mol. The van der Waals surface area contributed by atoms with Gasteiger partial charge >= 0.3 is 0 Å². The van der Waals surface area contributed by atoms with Crippen LogP contribution in [0.2, 0.25) is 10.0 Å². The third-order valence-corrected chi connectivity index (χ3v) is 5.31. The molecular weight excluding hydrogens is 307 g/mol. The number of sulfonamides is 1. The summed E-state index contributed by atoms with van der Waals surface area (Å²) in [4.78, 5) is 0.0499. The maximum Gasteiger partial charge on any atom is 0.244 e. The molecule has 0 aliphatic rings. The molecule has 0 heterocycles. The first-order chi connectivity index (χ1) is 8.60. The molecule has 0 saturated heterocycles. The van der Waals surface area contributed by atoms with Crippen molar-refractivity contribution >= 4 is 33.2 Å². The zero-order valence-electron chi connectivity index (χ0n) is 11.2. The second-order valence-electron chi connectivity index (χ2n) is 5.20. The third kappa shape index (κ3) is 4.07. The fraction of sp³-hybridized carbons (Fsp3) is 0.500. The van der Waals surface area contributed by atoms with E-state index < -0.39 is 10.0 Å². The van der Waals surface area contributed by atoms with Crippen LogP contribution in [0, 0.1) is 5.41 Å². The van der Waals surface area contributed by atoms with Crippen molar-refractivity contribution in [1.29, 1.82) is 0 Å². The van der Waals surface area contributed by atoms with E-state index in [1.54, 1.807) is 0 Å². The van der Waals surface area contributed by atoms with E-state index in [4.69, 9.17) is 28.9 Å². The molecule has 0 amide bonds. The summed E-state index contributed by atoms with van der Waals surface area (Å²) >= 11 is 11.7. The molecule has 0 spiro atoms. The highest BCUT2D eigenvalue weighted by atomic mass is 35.5. The highest BCUT2D eigenvalue weighted by Crippen LogP contribution is 2.28. The molecule has 0 radical (unpaired) electrons. The van der Waals surface area contributed by atoms with Crippen LogP contribution in [0.15, 0.2) is 23.1 Å². The van der Waals surface area contributed by atoms with Gasteiger partial charge in [0.05, 0.1) is 5.02 Å². The fourth-order valence-electron chi connectivity index (χ4n) is 1.60. The number of benzene rings is 1. The number of hydrogen-bond donors (Lipinski definition) is 1. The van der Waals surface area contributed by atoms with Crippen molar-refractivity contribution in [2.45, 2.75) is 18.7 Å². The quantitative estimate of drug-likeness (QED) is 0.905. The van der Waals surface area contributed by atoms with Gasteiger partial charge in [0, 0.05) is 18.6 Å². The van der Waals surface area contributed by atoms with Crippen molar-refractivity contribution in [3.8, 4) is 0 Å². The molecular formula is C12H18Cl2N2O2S. The van der Waals surface area contributed by atoms with Gasteiger partial charge in [0.2, 0.25) is 10.0 Å². The van der Waals surface area contributed by atoms with Gasteiger partial charge in [-0.2, -0.15) is 0 Å². The van der Waals surface area contributed by atoms with E-state index in [1.807, 2.05) is 13.8 Å². The summed E-state index contributed by atoms with van der Waals surface area (Å²) in [6.07, 6.45) is 0. The van der Waals surface area contributed by atoms with Gasteiger partial charge in [-0.25, -0.2) is 12.7 Å². The van der Waals surface area contributed by atoms with Crippen molar-refractivity contribution in [2.24, 2.45) is 11.1 Å². The Hall–Kier alpha value is -0.330. The number of hydrogen-bond acceptors (Lipinski definition) is 3. The highest BCUT2D eigenvalue weighted by Gasteiger charge is 2.28. The van der Waals surface area contributed by atoms with E-state index in [-0.39, 0.29) is 15.3 Å². The second kappa shape index (κ2) is 5.97. The SMILES string of the molecule is CN(CC(C)(C)CN)S(=O)(=O)c1ccc(Cl)cc1Cl. The van der Waals surface area contributed by atoms with Crippen molar-refractivity contribution in [3.05, 3.63) is 28.2 Å². The van der Waals surface area contributed by atoms with Crippen LogP contribution in [0.1, 0.15) is 13.8 Å². The van der Waals surface area contributed by atoms with Gasteiger partial charge in [0.25, 0.3) is 0 Å². The minimum atomic E-state index is -3.64. The highest BCUT2D eigenvalue weighted by molar-refractivity contribution is 7.89. The van der Waals surface area contributed by atoms with E-state index in [1.165, 1.54) is 29.6 Å². The van der Waals surface area contributed by atoms with Crippen LogP contribution in [0.25, 0.3) is 0 Å². The van der Waals surface area contributed by atoms with Crippen LogP contribution in [0.5, 0.6) is 0 Å². The lowest BCUT2D eigenvalue weighted by Gasteiger charge is -2.28. The molecule has 0 saturated carbocycles. The van der Waals surface area contributed by atoms with Crippen molar-refractivity contribution < 1.29 is 8.42 Å². The van der Waals surface area contributed by atoms with Crippen LogP contribution < -0.4 is 5.73 Å². The average Bonchev–Trinajstić information content (AvgIpc) is 2.27. The maximum atomic E-state index is 12.4. The number of nitrogens with zero attached hydrogens (tertiary/aromatic N) is 1. The minimum Gasteiger partial charge on any atom is -0.330 e. The van der Waals surface area contributed by atoms with Crippen molar-refractivity contribution in [3.63, 3.8) is 0 Å². The lowest BCUT2D eigenvalue weighted by molar-refractivity contribution is 0.292. The Bertz CT molecular complexity index is 559. The Balaban J connectivity index is 3.10. The Morgan fingerprint density at radius 3 is 2.37 bits per heavy atom. The molecule has 0 unspecified atom stereocenters. The summed E-state index contributed by atoms with van der Waals surface area (Å²) in [7, 11) is -2.13. The lowest BCUT2D eigenvalue weighted by atomic mass is 9.94. The molecule has 108 valence electrons. The van der Waals surface area contributed by atoms with Gasteiger partial charge in [-0.3, -0.25) is 0 Å². The number of halogens is 2. The van der Waals surface area contributed by atoms with E-state index in [0.29, 0.717) is 18.1 Å². The van der Waals surface area contributed by atoms with Crippen molar-refractivity contribution in [1.82, 2.24) is 4.31 Å². The first-order valence-corrected chi connectivity index (χ1v) is 7.91. The van der Waals surface area contributed by atoms with Crippen LogP contribution in [0.3, 0.4) is 0 Å². The molecule has 0 bridgehead atoms. The molecule has 7 heteroatoms. The smallest absolute Gasteiger partial charge is 0.244 e. The summed E-state index contributed by atoms with van der Waals surface area (Å²) < 4.78 is 26.1. The van der Waals surface area contributed by atoms with Crippen LogP contribution in [0.4, 0.5) is 0 Å². The first kappa shape index (κ1) is 16.7. The minimum absolute atomic E-state index is 0.0499. The zero-order valence-corrected chi connectivity index (χ0v) is 13.5. The molecule has 0 atom stereocenters. The third-order valence-electron chi connectivity index (χ3n) is 2.79. The van der Waals surface area contributed by atoms with E-state index in [9.17, 15) is 8.42 Å². The molecule has 0 aliphatic carbocycles. The Morgan fingerprint density at radius 2 is 1.89 bits per heavy atom. The number of rotatable bonds is 5. The molecule has 1 rings (SSSR count). The van der Waals surface area contributed by atoms with Crippen molar-refractivity contribution in [2.75, 3.05) is 20.1 Å². The maximum absolute atomic E-state index is 12.4. The first-order valence-electron chi connectivity index (χ1n) is 5.71. The average molecular weight is 325 g/mol. The predicted octanol–water partition coefficient (Wildman–Crippen LogP) is 2.60. The summed E-state index contributed by atoms with van der Waals surface area (Å²) in [5.41, 5.74) is 5.32. The standard InChI is InChI=1S/C12H18Cl2N2O2S/c1-12(2,7-15)8-16(3)19(17,18)11-5-4-9(13)6-10(11)14/h4-6H,7-8,15H2,1-3H3. The molecule has 0 aromatic heterocycles. The largest absolute Gasteiger partial charge is 0.330 e.